The van der Waals surface area contributed by atoms with Crippen molar-refractivity contribution in [3.8, 4) is 0 Å². The molecule has 2 N–H and O–H groups in total. The molecule has 1 heterocycles. The third-order valence-corrected chi connectivity index (χ3v) is 3.33. The number of ether oxygens (including phenoxy) is 1. The number of hydrogen-bond acceptors (Lipinski definition) is 3. The van der Waals surface area contributed by atoms with Gasteiger partial charge in [-0.1, -0.05) is 29.8 Å². The Bertz CT molecular complexity index is 367. The first-order valence-corrected chi connectivity index (χ1v) is 6.22. The first kappa shape index (κ1) is 12.6. The predicted octanol–water partition coefficient (Wildman–Crippen LogP) is 1.40. The number of hydrogen-bond donors (Lipinski definition) is 1. The largest absolute Gasteiger partial charge is 0.379 e. The van der Waals surface area contributed by atoms with Gasteiger partial charge in [-0.25, -0.2) is 0 Å². The van der Waals surface area contributed by atoms with Crippen molar-refractivity contribution < 1.29 is 4.74 Å². The lowest BCUT2D eigenvalue weighted by atomic mass is 10.0. The fourth-order valence-electron chi connectivity index (χ4n) is 2.39. The zero-order valence-corrected chi connectivity index (χ0v) is 10.7. The summed E-state index contributed by atoms with van der Waals surface area (Å²) in [5.41, 5.74) is 8.67. The second kappa shape index (κ2) is 5.63. The standard InChI is InChI=1S/C14H22N2O/c1-11-4-3-5-12(6-11)7-16(2)8-13-9-17-10-14(13)15/h3-6,13-14H,7-10,15H2,1-2H3. The van der Waals surface area contributed by atoms with E-state index in [1.54, 1.807) is 0 Å². The number of nitrogens with zero attached hydrogens (tertiary/aromatic N) is 1. The minimum absolute atomic E-state index is 0.204. The lowest BCUT2D eigenvalue weighted by Crippen LogP contribution is -2.36. The molecule has 3 heteroatoms. The van der Waals surface area contributed by atoms with Crippen molar-refractivity contribution in [3.63, 3.8) is 0 Å². The van der Waals surface area contributed by atoms with E-state index in [9.17, 15) is 0 Å². The maximum Gasteiger partial charge on any atom is 0.0621 e. The van der Waals surface area contributed by atoms with Gasteiger partial charge < -0.3 is 15.4 Å². The second-order valence-corrected chi connectivity index (χ2v) is 5.15. The van der Waals surface area contributed by atoms with Crippen molar-refractivity contribution in [1.29, 1.82) is 0 Å². The molecule has 1 saturated heterocycles. The smallest absolute Gasteiger partial charge is 0.0621 e. The average Bonchev–Trinajstić information content (AvgIpc) is 2.64. The van der Waals surface area contributed by atoms with Crippen LogP contribution in [0.4, 0.5) is 0 Å². The van der Waals surface area contributed by atoms with Gasteiger partial charge in [-0.3, -0.25) is 0 Å². The Labute approximate surface area is 104 Å². The molecular weight excluding hydrogens is 212 g/mol. The van der Waals surface area contributed by atoms with E-state index >= 15 is 0 Å². The van der Waals surface area contributed by atoms with E-state index < -0.39 is 0 Å². The summed E-state index contributed by atoms with van der Waals surface area (Å²) in [6.07, 6.45) is 0. The third kappa shape index (κ3) is 3.53. The number of benzene rings is 1. The molecule has 94 valence electrons. The minimum atomic E-state index is 0.204. The van der Waals surface area contributed by atoms with Crippen LogP contribution in [0.2, 0.25) is 0 Å². The lowest BCUT2D eigenvalue weighted by molar-refractivity contribution is 0.172. The monoisotopic (exact) mass is 234 g/mol. The van der Waals surface area contributed by atoms with Crippen LogP contribution in [0, 0.1) is 12.8 Å². The summed E-state index contributed by atoms with van der Waals surface area (Å²) in [5, 5.41) is 0. The molecule has 2 unspecified atom stereocenters. The molecule has 17 heavy (non-hydrogen) atoms. The fraction of sp³-hybridized carbons (Fsp3) is 0.571. The van der Waals surface area contributed by atoms with Crippen LogP contribution in [0.25, 0.3) is 0 Å². The van der Waals surface area contributed by atoms with Crippen LogP contribution in [-0.4, -0.2) is 37.7 Å². The van der Waals surface area contributed by atoms with Crippen molar-refractivity contribution in [2.75, 3.05) is 26.8 Å². The van der Waals surface area contributed by atoms with Gasteiger partial charge in [0.2, 0.25) is 0 Å². The van der Waals surface area contributed by atoms with Crippen molar-refractivity contribution in [2.24, 2.45) is 11.7 Å². The van der Waals surface area contributed by atoms with Crippen LogP contribution in [0.5, 0.6) is 0 Å². The van der Waals surface area contributed by atoms with E-state index in [0.717, 1.165) is 19.7 Å². The van der Waals surface area contributed by atoms with Crippen molar-refractivity contribution in [1.82, 2.24) is 4.90 Å². The molecule has 0 radical (unpaired) electrons. The normalized spacial score (nSPS) is 24.5. The van der Waals surface area contributed by atoms with Gasteiger partial charge in [-0.2, -0.15) is 0 Å². The van der Waals surface area contributed by atoms with Crippen LogP contribution < -0.4 is 5.73 Å². The second-order valence-electron chi connectivity index (χ2n) is 5.15. The molecule has 0 spiro atoms. The van der Waals surface area contributed by atoms with E-state index in [1.807, 2.05) is 0 Å². The molecule has 2 rings (SSSR count). The van der Waals surface area contributed by atoms with E-state index in [-0.39, 0.29) is 6.04 Å². The van der Waals surface area contributed by atoms with E-state index in [4.69, 9.17) is 10.5 Å². The predicted molar refractivity (Wildman–Crippen MR) is 69.8 cm³/mol. The van der Waals surface area contributed by atoms with Gasteiger partial charge >= 0.3 is 0 Å². The summed E-state index contributed by atoms with van der Waals surface area (Å²) in [4.78, 5) is 2.33. The number of rotatable bonds is 4. The molecule has 0 saturated carbocycles. The Morgan fingerprint density at radius 3 is 2.88 bits per heavy atom. The Hall–Kier alpha value is -0.900. The molecule has 2 atom stereocenters. The Morgan fingerprint density at radius 1 is 1.41 bits per heavy atom. The summed E-state index contributed by atoms with van der Waals surface area (Å²) in [6.45, 7) is 5.63. The highest BCUT2D eigenvalue weighted by atomic mass is 16.5. The summed E-state index contributed by atoms with van der Waals surface area (Å²) >= 11 is 0. The molecule has 0 amide bonds. The SMILES string of the molecule is Cc1cccc(CN(C)CC2COCC2N)c1. The van der Waals surface area contributed by atoms with Gasteiger partial charge in [0.1, 0.15) is 0 Å². The van der Waals surface area contributed by atoms with E-state index in [1.165, 1.54) is 11.1 Å². The molecular formula is C14H22N2O. The average molecular weight is 234 g/mol. The maximum absolute atomic E-state index is 5.99. The molecule has 1 aliphatic rings. The summed E-state index contributed by atoms with van der Waals surface area (Å²) in [6, 6.07) is 8.86. The fourth-order valence-corrected chi connectivity index (χ4v) is 2.39. The number of nitrogens with two attached hydrogens (primary N) is 1. The molecule has 1 fully saturated rings. The molecule has 1 aromatic rings. The topological polar surface area (TPSA) is 38.5 Å². The maximum atomic E-state index is 5.99. The van der Waals surface area contributed by atoms with E-state index in [2.05, 4.69) is 43.1 Å². The highest BCUT2D eigenvalue weighted by Gasteiger charge is 2.25. The van der Waals surface area contributed by atoms with Gasteiger partial charge in [0.05, 0.1) is 13.2 Å². The van der Waals surface area contributed by atoms with Crippen LogP contribution >= 0.6 is 0 Å². The van der Waals surface area contributed by atoms with E-state index in [0.29, 0.717) is 12.5 Å². The summed E-state index contributed by atoms with van der Waals surface area (Å²) < 4.78 is 5.39. The van der Waals surface area contributed by atoms with Crippen LogP contribution in [0.15, 0.2) is 24.3 Å². The van der Waals surface area contributed by atoms with Gasteiger partial charge in [0, 0.05) is 25.0 Å². The first-order chi connectivity index (χ1) is 8.15. The molecule has 0 aromatic heterocycles. The molecule has 3 nitrogen and oxygen atoms in total. The summed E-state index contributed by atoms with van der Waals surface area (Å²) in [7, 11) is 2.15. The molecule has 0 bridgehead atoms. The zero-order chi connectivity index (χ0) is 12.3. The zero-order valence-electron chi connectivity index (χ0n) is 10.7. The van der Waals surface area contributed by atoms with Crippen molar-refractivity contribution in [2.45, 2.75) is 19.5 Å². The Balaban J connectivity index is 1.86. The first-order valence-electron chi connectivity index (χ1n) is 6.22. The van der Waals surface area contributed by atoms with Gasteiger partial charge in [-0.15, -0.1) is 0 Å². The highest BCUT2D eigenvalue weighted by molar-refractivity contribution is 5.22. The lowest BCUT2D eigenvalue weighted by Gasteiger charge is -2.22. The quantitative estimate of drug-likeness (QED) is 0.856. The molecule has 1 aliphatic heterocycles. The Kier molecular flexibility index (Phi) is 4.15. The van der Waals surface area contributed by atoms with Crippen LogP contribution in [0.3, 0.4) is 0 Å². The van der Waals surface area contributed by atoms with Gasteiger partial charge in [-0.05, 0) is 19.5 Å². The van der Waals surface area contributed by atoms with Gasteiger partial charge in [0.25, 0.3) is 0 Å². The summed E-state index contributed by atoms with van der Waals surface area (Å²) in [5.74, 6) is 0.477. The molecule has 0 aliphatic carbocycles. The third-order valence-electron chi connectivity index (χ3n) is 3.33. The van der Waals surface area contributed by atoms with Crippen LogP contribution in [-0.2, 0) is 11.3 Å². The highest BCUT2D eigenvalue weighted by Crippen LogP contribution is 2.14. The van der Waals surface area contributed by atoms with Crippen LogP contribution in [0.1, 0.15) is 11.1 Å². The number of aryl methyl sites for hydroxylation is 1. The van der Waals surface area contributed by atoms with Crippen molar-refractivity contribution >= 4 is 0 Å². The van der Waals surface area contributed by atoms with Crippen molar-refractivity contribution in [3.05, 3.63) is 35.4 Å². The van der Waals surface area contributed by atoms with Gasteiger partial charge in [0.15, 0.2) is 0 Å². The Morgan fingerprint density at radius 2 is 2.24 bits per heavy atom. The molecule has 1 aromatic carbocycles. The minimum Gasteiger partial charge on any atom is -0.379 e.